The van der Waals surface area contributed by atoms with E-state index in [1.54, 1.807) is 37.3 Å². The molecule has 0 atom stereocenters. The number of hydrogen-bond donors (Lipinski definition) is 0. The Morgan fingerprint density at radius 1 is 0.811 bits per heavy atom. The van der Waals surface area contributed by atoms with Gasteiger partial charge in [-0.2, -0.15) is 39.5 Å². The minimum absolute atomic E-state index is 0.0215. The number of carbonyl (C=O) groups excluding carboxylic acids is 1. The first-order chi connectivity index (χ1) is 24.9. The third-order valence-corrected chi connectivity index (χ3v) is 8.72. The first-order valence-corrected chi connectivity index (χ1v) is 16.6. The van der Waals surface area contributed by atoms with Crippen LogP contribution < -0.4 is 14.5 Å². The van der Waals surface area contributed by atoms with Crippen LogP contribution in [0.15, 0.2) is 73.1 Å². The number of benzene rings is 3. The van der Waals surface area contributed by atoms with Crippen molar-refractivity contribution >= 4 is 29.2 Å². The molecule has 0 bridgehead atoms. The van der Waals surface area contributed by atoms with Crippen molar-refractivity contribution in [2.45, 2.75) is 58.0 Å². The summed E-state index contributed by atoms with van der Waals surface area (Å²) in [5.74, 6) is -1.01. The molecule has 0 saturated carbocycles. The monoisotopic (exact) mass is 774 g/mol. The largest absolute Gasteiger partial charge is 0.487 e. The molecule has 284 valence electrons. The van der Waals surface area contributed by atoms with Crippen LogP contribution in [-0.2, 0) is 47.8 Å². The number of halogens is 10. The predicted molar refractivity (Wildman–Crippen MR) is 177 cm³/mol. The highest BCUT2D eigenvalue weighted by atomic mass is 35.5. The highest BCUT2D eigenvalue weighted by Crippen LogP contribution is 2.40. The lowest BCUT2D eigenvalue weighted by Crippen LogP contribution is -2.37. The van der Waals surface area contributed by atoms with Gasteiger partial charge < -0.3 is 19.3 Å². The summed E-state index contributed by atoms with van der Waals surface area (Å²) in [6, 6.07) is 11.0. The van der Waals surface area contributed by atoms with Crippen molar-refractivity contribution in [1.82, 2.24) is 9.97 Å². The predicted octanol–water partition coefficient (Wildman–Crippen LogP) is 9.75. The standard InChI is InChI=1S/C36H32ClF9N4O3/c1-2-52-32(51)24-8-10-49(11-9-24)29-17-47-33(48-18-29)50(19-23-12-26(34(38,39)40)15-27(13-23)35(41,42)43)20-25-14-28(36(44,45)46)16-30(37)31(25)53-21-22-6-4-3-5-7-22/h3-7,12-18,24H,2,8-11,19-21H2,1H3. The Morgan fingerprint density at radius 2 is 1.38 bits per heavy atom. The molecular weight excluding hydrogens is 743 g/mol. The van der Waals surface area contributed by atoms with Gasteiger partial charge in [-0.15, -0.1) is 0 Å². The molecule has 3 aromatic carbocycles. The number of carbonyl (C=O) groups is 1. The number of aromatic nitrogens is 2. The number of anilines is 2. The van der Waals surface area contributed by atoms with Crippen LogP contribution in [-0.4, -0.2) is 35.6 Å². The van der Waals surface area contributed by atoms with Crippen LogP contribution in [0.4, 0.5) is 51.1 Å². The molecule has 17 heteroatoms. The van der Waals surface area contributed by atoms with E-state index in [0.717, 1.165) is 11.0 Å². The topological polar surface area (TPSA) is 67.8 Å². The number of piperidine rings is 1. The maximum Gasteiger partial charge on any atom is 0.416 e. The van der Waals surface area contributed by atoms with Crippen molar-refractivity contribution in [3.63, 3.8) is 0 Å². The van der Waals surface area contributed by atoms with Crippen LogP contribution in [0.5, 0.6) is 5.75 Å². The molecule has 7 nitrogen and oxygen atoms in total. The van der Waals surface area contributed by atoms with E-state index in [1.807, 2.05) is 4.90 Å². The van der Waals surface area contributed by atoms with Gasteiger partial charge >= 0.3 is 24.5 Å². The van der Waals surface area contributed by atoms with Crippen molar-refractivity contribution in [1.29, 1.82) is 0 Å². The maximum absolute atomic E-state index is 14.0. The second-order valence-corrected chi connectivity index (χ2v) is 12.7. The molecule has 5 rings (SSSR count). The van der Waals surface area contributed by atoms with E-state index in [4.69, 9.17) is 21.1 Å². The first kappa shape index (κ1) is 39.5. The molecular formula is C36H32ClF9N4O3. The average Bonchev–Trinajstić information content (AvgIpc) is 3.10. The van der Waals surface area contributed by atoms with Crippen LogP contribution in [0.2, 0.25) is 5.02 Å². The van der Waals surface area contributed by atoms with Crippen molar-refractivity contribution in [3.8, 4) is 5.75 Å². The SMILES string of the molecule is CCOC(=O)C1CCN(c2cnc(N(Cc3cc(C(F)(F)F)cc(C(F)(F)F)c3)Cc3cc(C(F)(F)F)cc(Cl)c3OCc3ccccc3)nc2)CC1. The number of rotatable bonds is 11. The summed E-state index contributed by atoms with van der Waals surface area (Å²) in [7, 11) is 0. The zero-order valence-corrected chi connectivity index (χ0v) is 28.7. The zero-order chi connectivity index (χ0) is 38.6. The molecule has 0 N–H and O–H groups in total. The summed E-state index contributed by atoms with van der Waals surface area (Å²) in [5, 5.41) is -0.424. The van der Waals surface area contributed by atoms with E-state index in [1.165, 1.54) is 12.4 Å². The number of alkyl halides is 9. The molecule has 4 aromatic rings. The lowest BCUT2D eigenvalue weighted by molar-refractivity contribution is -0.148. The zero-order valence-electron chi connectivity index (χ0n) is 28.0. The summed E-state index contributed by atoms with van der Waals surface area (Å²) in [5.41, 5.74) is -3.81. The van der Waals surface area contributed by atoms with E-state index < -0.39 is 58.9 Å². The van der Waals surface area contributed by atoms with Gasteiger partial charge in [0.25, 0.3) is 0 Å². The van der Waals surface area contributed by atoms with Crippen molar-refractivity contribution < 1.29 is 53.8 Å². The highest BCUT2D eigenvalue weighted by Gasteiger charge is 2.38. The molecule has 1 fully saturated rings. The molecule has 1 aliphatic rings. The quantitative estimate of drug-likeness (QED) is 0.111. The smallest absolute Gasteiger partial charge is 0.416 e. The molecule has 1 saturated heterocycles. The minimum Gasteiger partial charge on any atom is -0.487 e. The Labute approximate surface area is 303 Å². The summed E-state index contributed by atoms with van der Waals surface area (Å²) in [6.45, 7) is 1.43. The summed E-state index contributed by atoms with van der Waals surface area (Å²) in [6.07, 6.45) is -11.5. The van der Waals surface area contributed by atoms with Crippen LogP contribution in [0.3, 0.4) is 0 Å². The third kappa shape index (κ3) is 10.2. The molecule has 0 spiro atoms. The van der Waals surface area contributed by atoms with Gasteiger partial charge in [-0.1, -0.05) is 41.9 Å². The minimum atomic E-state index is -5.15. The highest BCUT2D eigenvalue weighted by molar-refractivity contribution is 6.32. The van der Waals surface area contributed by atoms with E-state index in [0.29, 0.717) is 55.4 Å². The fourth-order valence-corrected chi connectivity index (χ4v) is 6.12. The van der Waals surface area contributed by atoms with Crippen LogP contribution in [0.25, 0.3) is 0 Å². The second-order valence-electron chi connectivity index (χ2n) is 12.2. The summed E-state index contributed by atoms with van der Waals surface area (Å²) >= 11 is 6.33. The molecule has 1 aromatic heterocycles. The Morgan fingerprint density at radius 3 is 1.92 bits per heavy atom. The van der Waals surface area contributed by atoms with Crippen LogP contribution in [0.1, 0.15) is 53.1 Å². The molecule has 53 heavy (non-hydrogen) atoms. The van der Waals surface area contributed by atoms with Gasteiger partial charge in [-0.3, -0.25) is 4.79 Å². The number of nitrogens with zero attached hydrogens (tertiary/aromatic N) is 4. The molecule has 1 aliphatic heterocycles. The first-order valence-electron chi connectivity index (χ1n) is 16.3. The Bertz CT molecular complexity index is 1830. The molecule has 2 heterocycles. The number of hydrogen-bond acceptors (Lipinski definition) is 7. The number of ether oxygens (including phenoxy) is 2. The fourth-order valence-electron chi connectivity index (χ4n) is 5.83. The third-order valence-electron chi connectivity index (χ3n) is 8.44. The molecule has 0 aliphatic carbocycles. The van der Waals surface area contributed by atoms with Gasteiger partial charge in [0.15, 0.2) is 0 Å². The Kier molecular flexibility index (Phi) is 12.0. The summed E-state index contributed by atoms with van der Waals surface area (Å²) in [4.78, 5) is 23.8. The normalized spacial score (nSPS) is 14.3. The van der Waals surface area contributed by atoms with Crippen LogP contribution >= 0.6 is 11.6 Å². The van der Waals surface area contributed by atoms with Crippen molar-refractivity contribution in [2.24, 2.45) is 5.92 Å². The van der Waals surface area contributed by atoms with E-state index in [-0.39, 0.29) is 48.4 Å². The molecule has 0 amide bonds. The van der Waals surface area contributed by atoms with Gasteiger partial charge in [0, 0.05) is 31.7 Å². The molecule has 0 unspecified atom stereocenters. The maximum atomic E-state index is 14.0. The fraction of sp³-hybridized carbons (Fsp3) is 0.361. The van der Waals surface area contributed by atoms with E-state index >= 15 is 0 Å². The van der Waals surface area contributed by atoms with Gasteiger partial charge in [-0.25, -0.2) is 9.97 Å². The second kappa shape index (κ2) is 16.1. The van der Waals surface area contributed by atoms with Gasteiger partial charge in [0.1, 0.15) is 12.4 Å². The Hall–Kier alpha value is -4.73. The number of esters is 1. The van der Waals surface area contributed by atoms with Crippen LogP contribution in [0, 0.1) is 5.92 Å². The van der Waals surface area contributed by atoms with E-state index in [2.05, 4.69) is 9.97 Å². The lowest BCUT2D eigenvalue weighted by atomic mass is 9.97. The molecule has 0 radical (unpaired) electrons. The Balaban J connectivity index is 1.54. The van der Waals surface area contributed by atoms with E-state index in [9.17, 15) is 44.3 Å². The summed E-state index contributed by atoms with van der Waals surface area (Å²) < 4.78 is 136. The van der Waals surface area contributed by atoms with Gasteiger partial charge in [-0.05, 0) is 61.2 Å². The van der Waals surface area contributed by atoms with Crippen molar-refractivity contribution in [3.05, 3.63) is 111 Å². The van der Waals surface area contributed by atoms with Gasteiger partial charge in [0.05, 0.1) is 52.3 Å². The average molecular weight is 775 g/mol. The van der Waals surface area contributed by atoms with Crippen molar-refractivity contribution in [2.75, 3.05) is 29.5 Å². The lowest BCUT2D eigenvalue weighted by Gasteiger charge is -2.32. The van der Waals surface area contributed by atoms with Gasteiger partial charge in [0.2, 0.25) is 5.95 Å².